The largest absolute Gasteiger partial charge is 0.480 e. The van der Waals surface area contributed by atoms with Crippen LogP contribution in [0.5, 0.6) is 0 Å². The van der Waals surface area contributed by atoms with Crippen LogP contribution < -0.4 is 5.73 Å². The fourth-order valence-corrected chi connectivity index (χ4v) is 0.473. The maximum atomic E-state index is 12.0. The number of rotatable bonds is 3. The van der Waals surface area contributed by atoms with Crippen LogP contribution in [0.2, 0.25) is 0 Å². The van der Waals surface area contributed by atoms with Crippen LogP contribution in [0.4, 0.5) is 8.78 Å². The van der Waals surface area contributed by atoms with Crippen molar-refractivity contribution in [2.24, 2.45) is 5.73 Å². The number of hydrogen-bond acceptors (Lipinski definition) is 2. The quantitative estimate of drug-likeness (QED) is 0.618. The fourth-order valence-electron chi connectivity index (χ4n) is 0.473. The minimum absolute atomic E-state index is 0.635. The van der Waals surface area contributed by atoms with Crippen molar-refractivity contribution in [3.05, 3.63) is 0 Å². The predicted molar refractivity (Wildman–Crippen MR) is 30.8 cm³/mol. The molecule has 0 spiro atoms. The highest BCUT2D eigenvalue weighted by atomic mass is 19.3. The van der Waals surface area contributed by atoms with Gasteiger partial charge in [-0.15, -0.1) is 0 Å². The minimum Gasteiger partial charge on any atom is -0.480 e. The van der Waals surface area contributed by atoms with E-state index < -0.39 is 24.4 Å². The minimum atomic E-state index is -3.00. The average Bonchev–Trinajstić information content (AvgIpc) is 1.60. The molecular formula is C5H9F2NO2. The van der Waals surface area contributed by atoms with Gasteiger partial charge in [0.1, 0.15) is 6.04 Å². The van der Waals surface area contributed by atoms with Gasteiger partial charge in [-0.1, -0.05) is 0 Å². The molecule has 0 aromatic rings. The molecule has 60 valence electrons. The van der Waals surface area contributed by atoms with E-state index in [0.717, 1.165) is 0 Å². The Morgan fingerprint density at radius 1 is 1.80 bits per heavy atom. The smallest absolute Gasteiger partial charge is 0.320 e. The molecule has 3 N–H and O–H groups in total. The summed E-state index contributed by atoms with van der Waals surface area (Å²) in [7, 11) is 0. The van der Waals surface area contributed by atoms with E-state index in [1.807, 2.05) is 0 Å². The third kappa shape index (κ3) is 4.20. The van der Waals surface area contributed by atoms with Crippen molar-refractivity contribution in [1.82, 2.24) is 0 Å². The van der Waals surface area contributed by atoms with E-state index in [2.05, 4.69) is 0 Å². The molecule has 0 amide bonds. The van der Waals surface area contributed by atoms with E-state index in [9.17, 15) is 13.6 Å². The monoisotopic (exact) mass is 153 g/mol. The molecule has 0 aliphatic heterocycles. The van der Waals surface area contributed by atoms with Crippen molar-refractivity contribution in [1.29, 1.82) is 0 Å². The van der Waals surface area contributed by atoms with Crippen LogP contribution in [-0.2, 0) is 4.79 Å². The molecule has 0 radical (unpaired) electrons. The van der Waals surface area contributed by atoms with Gasteiger partial charge in [0.05, 0.1) is 0 Å². The highest BCUT2D eigenvalue weighted by Gasteiger charge is 2.28. The van der Waals surface area contributed by atoms with Crippen molar-refractivity contribution >= 4 is 5.97 Å². The van der Waals surface area contributed by atoms with Gasteiger partial charge in [-0.05, 0) is 6.92 Å². The molecule has 1 atom stereocenters. The van der Waals surface area contributed by atoms with E-state index in [0.29, 0.717) is 6.92 Å². The van der Waals surface area contributed by atoms with Gasteiger partial charge in [0.15, 0.2) is 0 Å². The van der Waals surface area contributed by atoms with E-state index in [4.69, 9.17) is 10.8 Å². The molecule has 0 aromatic carbocycles. The Labute approximate surface area is 56.8 Å². The van der Waals surface area contributed by atoms with Crippen LogP contribution in [0.25, 0.3) is 0 Å². The molecule has 5 heteroatoms. The molecule has 0 fully saturated rings. The summed E-state index contributed by atoms with van der Waals surface area (Å²) in [4.78, 5) is 9.92. The van der Waals surface area contributed by atoms with Gasteiger partial charge in [-0.25, -0.2) is 8.78 Å². The van der Waals surface area contributed by atoms with Crippen LogP contribution in [-0.4, -0.2) is 23.0 Å². The van der Waals surface area contributed by atoms with Crippen LogP contribution in [0, 0.1) is 0 Å². The standard InChI is InChI=1S/C5H9F2NO2/c1-5(6,7)2-3(8)4(9)10/h3H,2,8H2,1H3,(H,9,10)/t3-/m0/s1. The van der Waals surface area contributed by atoms with Gasteiger partial charge >= 0.3 is 5.97 Å². The van der Waals surface area contributed by atoms with Gasteiger partial charge in [0, 0.05) is 6.42 Å². The van der Waals surface area contributed by atoms with Crippen molar-refractivity contribution in [3.63, 3.8) is 0 Å². The molecule has 0 heterocycles. The third-order valence-corrected chi connectivity index (χ3v) is 0.896. The van der Waals surface area contributed by atoms with Gasteiger partial charge in [-0.2, -0.15) is 0 Å². The summed E-state index contributed by atoms with van der Waals surface area (Å²) in [5.74, 6) is -4.40. The number of carboxylic acids is 1. The lowest BCUT2D eigenvalue weighted by atomic mass is 10.1. The van der Waals surface area contributed by atoms with E-state index in [1.54, 1.807) is 0 Å². The molecule has 0 aromatic heterocycles. The summed E-state index contributed by atoms with van der Waals surface area (Å²) in [5.41, 5.74) is 4.82. The first-order valence-electron chi connectivity index (χ1n) is 2.69. The highest BCUT2D eigenvalue weighted by molar-refractivity contribution is 5.73. The van der Waals surface area contributed by atoms with Crippen LogP contribution in [0.15, 0.2) is 0 Å². The van der Waals surface area contributed by atoms with Crippen molar-refractivity contribution in [3.8, 4) is 0 Å². The van der Waals surface area contributed by atoms with E-state index in [-0.39, 0.29) is 0 Å². The first-order chi connectivity index (χ1) is 4.33. The van der Waals surface area contributed by atoms with Crippen molar-refractivity contribution in [2.45, 2.75) is 25.3 Å². The summed E-state index contributed by atoms with van der Waals surface area (Å²) in [6.45, 7) is 0.635. The number of carboxylic acid groups (broad SMARTS) is 1. The normalized spacial score (nSPS) is 14.8. The number of hydrogen-bond donors (Lipinski definition) is 2. The second kappa shape index (κ2) is 2.92. The van der Waals surface area contributed by atoms with Gasteiger partial charge < -0.3 is 10.8 Å². The van der Waals surface area contributed by atoms with E-state index in [1.165, 1.54) is 0 Å². The zero-order valence-corrected chi connectivity index (χ0v) is 5.47. The Morgan fingerprint density at radius 3 is 2.30 bits per heavy atom. The summed E-state index contributed by atoms with van der Waals surface area (Å²) < 4.78 is 24.0. The topological polar surface area (TPSA) is 63.3 Å². The maximum Gasteiger partial charge on any atom is 0.320 e. The fraction of sp³-hybridized carbons (Fsp3) is 0.800. The Hall–Kier alpha value is -0.710. The first kappa shape index (κ1) is 9.29. The van der Waals surface area contributed by atoms with Gasteiger partial charge in [0.25, 0.3) is 0 Å². The zero-order valence-electron chi connectivity index (χ0n) is 5.47. The lowest BCUT2D eigenvalue weighted by Gasteiger charge is -2.12. The molecule has 0 unspecified atom stereocenters. The molecule has 0 rings (SSSR count). The van der Waals surface area contributed by atoms with Crippen LogP contribution in [0.3, 0.4) is 0 Å². The number of halogens is 2. The Balaban J connectivity index is 3.80. The summed E-state index contributed by atoms with van der Waals surface area (Å²) >= 11 is 0. The predicted octanol–water partition coefficient (Wildman–Crippen LogP) is 0.444. The average molecular weight is 153 g/mol. The molecule has 0 saturated heterocycles. The number of alkyl halides is 2. The number of aliphatic carboxylic acids is 1. The number of nitrogens with two attached hydrogens (primary N) is 1. The van der Waals surface area contributed by atoms with Gasteiger partial charge in [-0.3, -0.25) is 4.79 Å². The molecule has 0 saturated carbocycles. The zero-order chi connectivity index (χ0) is 8.36. The summed E-state index contributed by atoms with van der Waals surface area (Å²) in [5, 5.41) is 8.09. The first-order valence-corrected chi connectivity index (χ1v) is 2.69. The second-order valence-electron chi connectivity index (χ2n) is 2.22. The molecule has 0 aliphatic carbocycles. The molecule has 10 heavy (non-hydrogen) atoms. The molecule has 3 nitrogen and oxygen atoms in total. The van der Waals surface area contributed by atoms with Gasteiger partial charge in [0.2, 0.25) is 5.92 Å². The Kier molecular flexibility index (Phi) is 2.71. The SMILES string of the molecule is CC(F)(F)C[C@H](N)C(=O)O. The molecule has 0 bridgehead atoms. The third-order valence-electron chi connectivity index (χ3n) is 0.896. The molecular weight excluding hydrogens is 144 g/mol. The van der Waals surface area contributed by atoms with Crippen molar-refractivity contribution < 1.29 is 18.7 Å². The highest BCUT2D eigenvalue weighted by Crippen LogP contribution is 2.17. The Bertz CT molecular complexity index is 132. The summed E-state index contributed by atoms with van der Waals surface area (Å²) in [6.07, 6.45) is -0.817. The van der Waals surface area contributed by atoms with Crippen LogP contribution in [0.1, 0.15) is 13.3 Å². The Morgan fingerprint density at radius 2 is 2.20 bits per heavy atom. The van der Waals surface area contributed by atoms with Crippen LogP contribution >= 0.6 is 0 Å². The van der Waals surface area contributed by atoms with Crippen molar-refractivity contribution in [2.75, 3.05) is 0 Å². The second-order valence-corrected chi connectivity index (χ2v) is 2.22. The lowest BCUT2D eigenvalue weighted by molar-refractivity contribution is -0.140. The maximum absolute atomic E-state index is 12.0. The molecule has 0 aliphatic rings. The summed E-state index contributed by atoms with van der Waals surface area (Å²) in [6, 6.07) is -1.47. The lowest BCUT2D eigenvalue weighted by Crippen LogP contribution is -2.35. The number of carbonyl (C=O) groups is 1. The van der Waals surface area contributed by atoms with E-state index >= 15 is 0 Å².